The van der Waals surface area contributed by atoms with Crippen LogP contribution in [0.25, 0.3) is 11.0 Å². The predicted octanol–water partition coefficient (Wildman–Crippen LogP) is 7.08. The van der Waals surface area contributed by atoms with E-state index in [1.165, 1.54) is 12.1 Å². The first-order valence-electron chi connectivity index (χ1n) is 17.7. The number of likely N-dealkylation sites (N-methyl/N-ethyl adjacent to an activating group) is 1. The Morgan fingerprint density at radius 3 is 2.29 bits per heavy atom. The summed E-state index contributed by atoms with van der Waals surface area (Å²) in [6.07, 6.45) is 2.82. The Balaban J connectivity index is 1.11. The number of aromatic nitrogens is 2. The van der Waals surface area contributed by atoms with Crippen molar-refractivity contribution in [1.29, 1.82) is 0 Å². The molecule has 0 bridgehead atoms. The monoisotopic (exact) mass is 709 g/mol. The summed E-state index contributed by atoms with van der Waals surface area (Å²) in [6, 6.07) is 26.6. The minimum atomic E-state index is -0.240. The first-order valence-corrected chi connectivity index (χ1v) is 17.7. The van der Waals surface area contributed by atoms with E-state index in [1.54, 1.807) is 45.5 Å². The number of nitrogens with zero attached hydrogens (tertiary/aromatic N) is 4. The molecule has 1 amide bonds. The van der Waals surface area contributed by atoms with E-state index in [0.717, 1.165) is 72.8 Å². The van der Waals surface area contributed by atoms with Crippen LogP contribution in [0, 0.1) is 5.82 Å². The molecule has 1 N–H and O–H groups in total. The van der Waals surface area contributed by atoms with Crippen molar-refractivity contribution in [3.8, 4) is 23.0 Å². The number of fused-ring (bicyclic) bond motifs is 1. The van der Waals surface area contributed by atoms with Crippen LogP contribution in [0.4, 0.5) is 10.3 Å². The highest BCUT2D eigenvalue weighted by Crippen LogP contribution is 2.38. The molecule has 0 radical (unpaired) electrons. The third-order valence-corrected chi connectivity index (χ3v) is 9.94. The van der Waals surface area contributed by atoms with E-state index in [4.69, 9.17) is 23.9 Å². The van der Waals surface area contributed by atoms with E-state index in [-0.39, 0.29) is 23.7 Å². The van der Waals surface area contributed by atoms with E-state index >= 15 is 0 Å². The summed E-state index contributed by atoms with van der Waals surface area (Å²) in [7, 11) is 8.13. The number of carbonyl (C=O) groups excluding carboxylic acids is 1. The maximum atomic E-state index is 13.8. The number of ether oxygens (including phenoxy) is 4. The molecule has 6 rings (SSSR count). The van der Waals surface area contributed by atoms with Crippen molar-refractivity contribution in [3.05, 3.63) is 107 Å². The Kier molecular flexibility index (Phi) is 11.8. The number of likely N-dealkylation sites (tertiary alicyclic amines) is 1. The molecule has 0 spiro atoms. The average molecular weight is 710 g/mol. The zero-order valence-corrected chi connectivity index (χ0v) is 30.6. The first kappa shape index (κ1) is 36.5. The van der Waals surface area contributed by atoms with Gasteiger partial charge in [-0.15, -0.1) is 0 Å². The molecule has 1 unspecified atom stereocenters. The lowest BCUT2D eigenvalue weighted by molar-refractivity contribution is 0.0781. The Labute approximate surface area is 305 Å². The van der Waals surface area contributed by atoms with Crippen molar-refractivity contribution >= 4 is 22.9 Å². The van der Waals surface area contributed by atoms with Crippen LogP contribution in [-0.2, 0) is 6.54 Å². The van der Waals surface area contributed by atoms with Gasteiger partial charge < -0.3 is 38.6 Å². The van der Waals surface area contributed by atoms with Crippen LogP contribution < -0.4 is 24.3 Å². The molecular weight excluding hydrogens is 661 g/mol. The Bertz CT molecular complexity index is 1930. The molecular formula is C41H48FN5O5. The van der Waals surface area contributed by atoms with Crippen LogP contribution in [0.15, 0.2) is 84.9 Å². The van der Waals surface area contributed by atoms with Gasteiger partial charge in [0.25, 0.3) is 5.91 Å². The van der Waals surface area contributed by atoms with Gasteiger partial charge in [-0.1, -0.05) is 36.4 Å². The summed E-state index contributed by atoms with van der Waals surface area (Å²) in [6.45, 7) is 3.90. The lowest BCUT2D eigenvalue weighted by Crippen LogP contribution is -2.40. The number of methoxy groups -OCH3 is 4. The minimum Gasteiger partial charge on any atom is -0.497 e. The standard InChI is InChI=1S/C41H48FN5O5/c1-45(40(48)31-24-37(50-3)39(52-5)38(25-31)51-4)27-30(29-9-8-10-34(23-29)49-2)17-20-46-21-18-33(19-22-46)43-41-44-35-11-6-7-12-36(35)47(41)26-28-13-15-32(42)16-14-28/h6-16,23-25,30,33H,17-22,26-27H2,1-5H3,(H,43,44). The molecule has 1 aromatic heterocycles. The fourth-order valence-corrected chi connectivity index (χ4v) is 7.04. The molecule has 1 fully saturated rings. The molecule has 1 aliphatic rings. The van der Waals surface area contributed by atoms with Crippen molar-refractivity contribution in [3.63, 3.8) is 0 Å². The number of hydrogen-bond donors (Lipinski definition) is 1. The van der Waals surface area contributed by atoms with Gasteiger partial charge in [0.1, 0.15) is 11.6 Å². The van der Waals surface area contributed by atoms with Crippen molar-refractivity contribution < 1.29 is 28.1 Å². The summed E-state index contributed by atoms with van der Waals surface area (Å²) < 4.78 is 37.8. The molecule has 1 atom stereocenters. The van der Waals surface area contributed by atoms with Gasteiger partial charge in [0.2, 0.25) is 11.7 Å². The van der Waals surface area contributed by atoms with Gasteiger partial charge in [-0.05, 0) is 85.5 Å². The molecule has 52 heavy (non-hydrogen) atoms. The lowest BCUT2D eigenvalue weighted by atomic mass is 9.93. The highest BCUT2D eigenvalue weighted by atomic mass is 19.1. The van der Waals surface area contributed by atoms with Crippen LogP contribution in [0.5, 0.6) is 23.0 Å². The van der Waals surface area contributed by atoms with E-state index < -0.39 is 0 Å². The lowest BCUT2D eigenvalue weighted by Gasteiger charge is -2.34. The molecule has 10 nitrogen and oxygen atoms in total. The highest BCUT2D eigenvalue weighted by molar-refractivity contribution is 5.95. The van der Waals surface area contributed by atoms with Crippen LogP contribution in [0.2, 0.25) is 0 Å². The number of hydrogen-bond acceptors (Lipinski definition) is 8. The van der Waals surface area contributed by atoms with Crippen LogP contribution in [0.3, 0.4) is 0 Å². The largest absolute Gasteiger partial charge is 0.497 e. The Hall–Kier alpha value is -5.29. The third-order valence-electron chi connectivity index (χ3n) is 9.94. The van der Waals surface area contributed by atoms with Gasteiger partial charge in [0.05, 0.1) is 46.0 Å². The molecule has 1 saturated heterocycles. The second kappa shape index (κ2) is 16.8. The van der Waals surface area contributed by atoms with Crippen molar-refractivity contribution in [2.24, 2.45) is 0 Å². The number of carbonyl (C=O) groups is 1. The molecule has 274 valence electrons. The summed E-state index contributed by atoms with van der Waals surface area (Å²) in [5.74, 6) is 2.64. The number of nitrogens with one attached hydrogen (secondary N) is 1. The molecule has 0 aliphatic carbocycles. The normalized spacial score (nSPS) is 14.2. The number of anilines is 1. The fraction of sp³-hybridized carbons (Fsp3) is 0.366. The van der Waals surface area contributed by atoms with Crippen LogP contribution in [0.1, 0.15) is 46.7 Å². The highest BCUT2D eigenvalue weighted by Gasteiger charge is 2.26. The topological polar surface area (TPSA) is 90.3 Å². The molecule has 2 heterocycles. The van der Waals surface area contributed by atoms with E-state index in [0.29, 0.717) is 35.9 Å². The Morgan fingerprint density at radius 1 is 0.904 bits per heavy atom. The second-order valence-electron chi connectivity index (χ2n) is 13.3. The summed E-state index contributed by atoms with van der Waals surface area (Å²) in [5, 5.41) is 3.74. The number of amides is 1. The number of halogens is 1. The van der Waals surface area contributed by atoms with Gasteiger partial charge in [-0.2, -0.15) is 0 Å². The SMILES string of the molecule is COc1cccc(C(CCN2CCC(Nc3nc4ccccc4n3Cc3ccc(F)cc3)CC2)CN(C)C(=O)c2cc(OC)c(OC)c(OC)c2)c1. The van der Waals surface area contributed by atoms with Gasteiger partial charge >= 0.3 is 0 Å². The van der Waals surface area contributed by atoms with Gasteiger partial charge in [-0.25, -0.2) is 9.37 Å². The molecule has 0 saturated carbocycles. The second-order valence-corrected chi connectivity index (χ2v) is 13.3. The molecule has 11 heteroatoms. The van der Waals surface area contributed by atoms with Gasteiger partial charge in [-0.3, -0.25) is 4.79 Å². The van der Waals surface area contributed by atoms with E-state index in [2.05, 4.69) is 33.0 Å². The fourth-order valence-electron chi connectivity index (χ4n) is 7.04. The van der Waals surface area contributed by atoms with E-state index in [9.17, 15) is 9.18 Å². The summed E-state index contributed by atoms with van der Waals surface area (Å²) in [5.41, 5.74) is 4.58. The Morgan fingerprint density at radius 2 is 1.62 bits per heavy atom. The van der Waals surface area contributed by atoms with Crippen molar-refractivity contribution in [2.45, 2.75) is 37.8 Å². The molecule has 4 aromatic carbocycles. The van der Waals surface area contributed by atoms with Crippen molar-refractivity contribution in [1.82, 2.24) is 19.4 Å². The zero-order valence-electron chi connectivity index (χ0n) is 30.6. The third kappa shape index (κ3) is 8.42. The number of rotatable bonds is 15. The minimum absolute atomic E-state index is 0.0771. The smallest absolute Gasteiger partial charge is 0.253 e. The molecule has 1 aliphatic heterocycles. The summed E-state index contributed by atoms with van der Waals surface area (Å²) in [4.78, 5) is 23.0. The molecule has 5 aromatic rings. The number of imidazole rings is 1. The first-order chi connectivity index (χ1) is 25.3. The van der Waals surface area contributed by atoms with Crippen molar-refractivity contribution in [2.75, 3.05) is 67.0 Å². The predicted molar refractivity (Wildman–Crippen MR) is 202 cm³/mol. The average Bonchev–Trinajstić information content (AvgIpc) is 3.52. The van der Waals surface area contributed by atoms with Crippen LogP contribution >= 0.6 is 0 Å². The number of para-hydroxylation sites is 2. The zero-order chi connectivity index (χ0) is 36.6. The quantitative estimate of drug-likeness (QED) is 0.123. The van der Waals surface area contributed by atoms with Crippen LogP contribution in [-0.4, -0.2) is 93.0 Å². The van der Waals surface area contributed by atoms with Gasteiger partial charge in [0, 0.05) is 44.2 Å². The number of benzene rings is 4. The van der Waals surface area contributed by atoms with E-state index in [1.807, 2.05) is 49.5 Å². The maximum absolute atomic E-state index is 13.8. The van der Waals surface area contributed by atoms with Gasteiger partial charge in [0.15, 0.2) is 11.5 Å². The summed E-state index contributed by atoms with van der Waals surface area (Å²) >= 11 is 0. The number of piperidine rings is 1. The maximum Gasteiger partial charge on any atom is 0.253 e.